The van der Waals surface area contributed by atoms with E-state index in [-0.39, 0.29) is 0 Å². The molecule has 12 rings (SSSR count). The average Bonchev–Trinajstić information content (AvgIpc) is 3.87. The summed E-state index contributed by atoms with van der Waals surface area (Å²) < 4.78 is 4.83. The largest absolute Gasteiger partial charge is 0.309 e. The van der Waals surface area contributed by atoms with Gasteiger partial charge in [0.05, 0.1) is 22.1 Å². The number of hydrogen-bond acceptors (Lipinski definition) is 0. The molecule has 2 heterocycles. The Labute approximate surface area is 312 Å². The smallest absolute Gasteiger partial charge is 0.0547 e. The van der Waals surface area contributed by atoms with Gasteiger partial charge < -0.3 is 9.13 Å². The van der Waals surface area contributed by atoms with Crippen molar-refractivity contribution in [3.05, 3.63) is 194 Å². The topological polar surface area (TPSA) is 9.86 Å². The molecule has 0 radical (unpaired) electrons. The van der Waals surface area contributed by atoms with Crippen LogP contribution in [0.25, 0.3) is 110 Å². The minimum atomic E-state index is 1.16. The maximum Gasteiger partial charge on any atom is 0.0547 e. The van der Waals surface area contributed by atoms with E-state index in [9.17, 15) is 0 Å². The molecule has 9 aromatic carbocycles. The molecule has 250 valence electrons. The van der Waals surface area contributed by atoms with Gasteiger partial charge in [-0.2, -0.15) is 0 Å². The van der Waals surface area contributed by atoms with Gasteiger partial charge in [-0.25, -0.2) is 0 Å². The molecular weight excluding hydrogens is 653 g/mol. The van der Waals surface area contributed by atoms with Gasteiger partial charge in [-0.1, -0.05) is 140 Å². The van der Waals surface area contributed by atoms with Crippen LogP contribution in [0.4, 0.5) is 0 Å². The van der Waals surface area contributed by atoms with Gasteiger partial charge in [0.2, 0.25) is 0 Å². The van der Waals surface area contributed by atoms with Gasteiger partial charge in [0.1, 0.15) is 0 Å². The van der Waals surface area contributed by atoms with Crippen LogP contribution in [0, 0.1) is 0 Å². The molecule has 0 amide bonds. The van der Waals surface area contributed by atoms with Crippen molar-refractivity contribution in [1.29, 1.82) is 0 Å². The summed E-state index contributed by atoms with van der Waals surface area (Å²) in [6.07, 6.45) is 0. The summed E-state index contributed by atoms with van der Waals surface area (Å²) in [5.74, 6) is 0. The highest BCUT2D eigenvalue weighted by Gasteiger charge is 2.23. The summed E-state index contributed by atoms with van der Waals surface area (Å²) in [5.41, 5.74) is 17.4. The highest BCUT2D eigenvalue weighted by atomic mass is 15.0. The molecule has 0 unspecified atom stereocenters. The SMILES string of the molecule is c1ccc(-n2c3ccccc3c3cc(-c4ccc5c6ccccc6n(-c6cccc(-c7ccc8c9c(cccc79)-c7ccccc7-8)c6)c5c4)ccc32)cc1. The fraction of sp³-hybridized carbons (Fsp3) is 0. The third kappa shape index (κ3) is 4.11. The highest BCUT2D eigenvalue weighted by molar-refractivity contribution is 6.19. The third-order valence-corrected chi connectivity index (χ3v) is 11.7. The number of para-hydroxylation sites is 3. The molecule has 0 aliphatic heterocycles. The van der Waals surface area contributed by atoms with Crippen molar-refractivity contribution in [1.82, 2.24) is 9.13 Å². The molecule has 0 saturated heterocycles. The fourth-order valence-corrected chi connectivity index (χ4v) is 9.31. The van der Waals surface area contributed by atoms with Gasteiger partial charge in [-0.15, -0.1) is 0 Å². The van der Waals surface area contributed by atoms with Crippen LogP contribution < -0.4 is 0 Å². The van der Waals surface area contributed by atoms with E-state index < -0.39 is 0 Å². The molecule has 0 saturated carbocycles. The van der Waals surface area contributed by atoms with E-state index in [0.29, 0.717) is 0 Å². The number of rotatable bonds is 4. The zero-order valence-electron chi connectivity index (χ0n) is 29.4. The normalized spacial score (nSPS) is 12.1. The minimum Gasteiger partial charge on any atom is -0.309 e. The summed E-state index contributed by atoms with van der Waals surface area (Å²) in [6.45, 7) is 0. The monoisotopic (exact) mass is 684 g/mol. The van der Waals surface area contributed by atoms with Crippen molar-refractivity contribution in [3.8, 4) is 55.9 Å². The number of benzene rings is 9. The van der Waals surface area contributed by atoms with E-state index in [2.05, 4.69) is 203 Å². The lowest BCUT2D eigenvalue weighted by Gasteiger charge is -2.13. The zero-order chi connectivity index (χ0) is 35.3. The maximum absolute atomic E-state index is 2.45. The molecule has 0 bridgehead atoms. The number of hydrogen-bond donors (Lipinski definition) is 0. The zero-order valence-corrected chi connectivity index (χ0v) is 29.4. The van der Waals surface area contributed by atoms with Crippen LogP contribution in [0.2, 0.25) is 0 Å². The van der Waals surface area contributed by atoms with Crippen molar-refractivity contribution >= 4 is 54.4 Å². The fourth-order valence-electron chi connectivity index (χ4n) is 9.31. The van der Waals surface area contributed by atoms with Crippen LogP contribution in [0.5, 0.6) is 0 Å². The number of fused-ring (bicyclic) bond motifs is 9. The lowest BCUT2D eigenvalue weighted by molar-refractivity contribution is 1.18. The molecule has 0 N–H and O–H groups in total. The number of nitrogens with zero attached hydrogens (tertiary/aromatic N) is 2. The molecule has 0 atom stereocenters. The molecule has 0 spiro atoms. The Balaban J connectivity index is 1.04. The van der Waals surface area contributed by atoms with Crippen molar-refractivity contribution in [2.24, 2.45) is 0 Å². The highest BCUT2D eigenvalue weighted by Crippen LogP contribution is 2.49. The van der Waals surface area contributed by atoms with E-state index in [4.69, 9.17) is 0 Å². The van der Waals surface area contributed by atoms with Gasteiger partial charge in [-0.05, 0) is 110 Å². The molecule has 54 heavy (non-hydrogen) atoms. The van der Waals surface area contributed by atoms with Gasteiger partial charge >= 0.3 is 0 Å². The van der Waals surface area contributed by atoms with Crippen molar-refractivity contribution in [2.75, 3.05) is 0 Å². The molecule has 11 aromatic rings. The van der Waals surface area contributed by atoms with Gasteiger partial charge in [-0.3, -0.25) is 0 Å². The minimum absolute atomic E-state index is 1.16. The third-order valence-electron chi connectivity index (χ3n) is 11.7. The van der Waals surface area contributed by atoms with Crippen molar-refractivity contribution in [3.63, 3.8) is 0 Å². The number of aromatic nitrogens is 2. The molecule has 1 aliphatic rings. The lowest BCUT2D eigenvalue weighted by atomic mass is 9.94. The van der Waals surface area contributed by atoms with E-state index in [0.717, 1.165) is 5.69 Å². The molecule has 1 aliphatic carbocycles. The van der Waals surface area contributed by atoms with Gasteiger partial charge in [0.15, 0.2) is 0 Å². The summed E-state index contributed by atoms with van der Waals surface area (Å²) in [5, 5.41) is 7.68. The quantitative estimate of drug-likeness (QED) is 0.175. The predicted octanol–water partition coefficient (Wildman–Crippen LogP) is 14.0. The summed E-state index contributed by atoms with van der Waals surface area (Å²) >= 11 is 0. The Morgan fingerprint density at radius 3 is 1.59 bits per heavy atom. The second kappa shape index (κ2) is 11.2. The molecule has 0 fully saturated rings. The molecule has 2 nitrogen and oxygen atoms in total. The molecule has 2 heteroatoms. The first kappa shape index (κ1) is 29.4. The first-order valence-electron chi connectivity index (χ1n) is 18.7. The van der Waals surface area contributed by atoms with Crippen LogP contribution in [0.1, 0.15) is 0 Å². The Hall–Kier alpha value is -7.16. The summed E-state index contributed by atoms with van der Waals surface area (Å²) in [4.78, 5) is 0. The van der Waals surface area contributed by atoms with Crippen LogP contribution in [0.3, 0.4) is 0 Å². The Morgan fingerprint density at radius 1 is 0.241 bits per heavy atom. The first-order valence-corrected chi connectivity index (χ1v) is 18.7. The van der Waals surface area contributed by atoms with Crippen LogP contribution in [-0.2, 0) is 0 Å². The van der Waals surface area contributed by atoms with Gasteiger partial charge in [0, 0.05) is 32.9 Å². The Bertz CT molecular complexity index is 3290. The second-order valence-corrected chi connectivity index (χ2v) is 14.5. The lowest BCUT2D eigenvalue weighted by Crippen LogP contribution is -1.95. The molecular formula is C52H32N2. The van der Waals surface area contributed by atoms with Crippen LogP contribution >= 0.6 is 0 Å². The average molecular weight is 685 g/mol. The second-order valence-electron chi connectivity index (χ2n) is 14.5. The Kier molecular flexibility index (Phi) is 6.09. The van der Waals surface area contributed by atoms with E-state index in [1.54, 1.807) is 0 Å². The summed E-state index contributed by atoms with van der Waals surface area (Å²) in [7, 11) is 0. The standard InChI is InChI=1S/C52H32N2/c1-2-13-36(14-3-1)53-49-23-9-7-19-42(49)47-31-33(25-29-50(47)53)34-24-26-43-41-18-6-8-22-48(41)54(51(43)32-34)37-15-10-12-35(30-37)38-27-28-46-40-17-5-4-16-39(40)45-21-11-20-44(38)52(45)46/h1-32H. The molecule has 2 aromatic heterocycles. The van der Waals surface area contributed by atoms with Crippen molar-refractivity contribution in [2.45, 2.75) is 0 Å². The van der Waals surface area contributed by atoms with Gasteiger partial charge in [0.25, 0.3) is 0 Å². The van der Waals surface area contributed by atoms with E-state index >= 15 is 0 Å². The maximum atomic E-state index is 2.45. The van der Waals surface area contributed by atoms with Crippen molar-refractivity contribution < 1.29 is 0 Å². The first-order chi connectivity index (χ1) is 26.8. The van der Waals surface area contributed by atoms with E-state index in [1.807, 2.05) is 0 Å². The summed E-state index contributed by atoms with van der Waals surface area (Å²) in [6, 6.07) is 71.5. The Morgan fingerprint density at radius 2 is 0.778 bits per heavy atom. The van der Waals surface area contributed by atoms with Crippen LogP contribution in [-0.4, -0.2) is 9.13 Å². The van der Waals surface area contributed by atoms with Crippen LogP contribution in [0.15, 0.2) is 194 Å². The van der Waals surface area contributed by atoms with E-state index in [1.165, 1.54) is 105 Å². The predicted molar refractivity (Wildman–Crippen MR) is 228 cm³/mol.